The molecule has 0 aromatic carbocycles. The van der Waals surface area contributed by atoms with E-state index in [0.717, 1.165) is 49.1 Å². The minimum Gasteiger partial charge on any atom is -0.361 e. The second-order valence-electron chi connectivity index (χ2n) is 7.14. The Morgan fingerprint density at radius 2 is 1.89 bits per heavy atom. The third-order valence-corrected chi connectivity index (χ3v) is 4.76. The quantitative estimate of drug-likeness (QED) is 0.452. The van der Waals surface area contributed by atoms with Gasteiger partial charge in [0, 0.05) is 45.0 Å². The SMILES string of the molecule is C=N/C=C(\N=C(C)N(CC)CC)C(C)CCN(C)c1cncc(C(C)C)n1. The highest BCUT2D eigenvalue weighted by Crippen LogP contribution is 2.20. The first-order valence-electron chi connectivity index (χ1n) is 9.83. The molecule has 0 radical (unpaired) electrons. The van der Waals surface area contributed by atoms with Gasteiger partial charge in [0.25, 0.3) is 0 Å². The lowest BCUT2D eigenvalue weighted by molar-refractivity contribution is 0.460. The van der Waals surface area contributed by atoms with Gasteiger partial charge in [-0.05, 0) is 39.8 Å². The van der Waals surface area contributed by atoms with E-state index in [-0.39, 0.29) is 5.92 Å². The topological polar surface area (TPSA) is 57.0 Å². The van der Waals surface area contributed by atoms with Gasteiger partial charge < -0.3 is 9.80 Å². The summed E-state index contributed by atoms with van der Waals surface area (Å²) in [4.78, 5) is 22.2. The molecule has 150 valence electrons. The molecular formula is C21H36N6. The van der Waals surface area contributed by atoms with Crippen LogP contribution in [0.2, 0.25) is 0 Å². The Kier molecular flexibility index (Phi) is 9.68. The van der Waals surface area contributed by atoms with E-state index in [4.69, 9.17) is 9.98 Å². The summed E-state index contributed by atoms with van der Waals surface area (Å²) in [6, 6.07) is 0. The van der Waals surface area contributed by atoms with Crippen molar-refractivity contribution in [1.29, 1.82) is 0 Å². The largest absolute Gasteiger partial charge is 0.361 e. The molecule has 0 N–H and O–H groups in total. The Bertz CT molecular complexity index is 646. The van der Waals surface area contributed by atoms with E-state index in [1.54, 1.807) is 6.20 Å². The van der Waals surface area contributed by atoms with Crippen molar-refractivity contribution in [3.05, 3.63) is 30.0 Å². The molecule has 27 heavy (non-hydrogen) atoms. The molecule has 1 rings (SSSR count). The molecule has 1 aromatic heterocycles. The van der Waals surface area contributed by atoms with E-state index in [1.165, 1.54) is 0 Å². The highest BCUT2D eigenvalue weighted by atomic mass is 15.2. The summed E-state index contributed by atoms with van der Waals surface area (Å²) in [5.74, 6) is 2.56. The van der Waals surface area contributed by atoms with Gasteiger partial charge in [-0.1, -0.05) is 20.8 Å². The molecule has 0 fully saturated rings. The smallest absolute Gasteiger partial charge is 0.147 e. The van der Waals surface area contributed by atoms with Gasteiger partial charge in [-0.15, -0.1) is 0 Å². The van der Waals surface area contributed by atoms with Crippen LogP contribution in [0.15, 0.2) is 34.3 Å². The normalized spacial score (nSPS) is 13.6. The number of amidine groups is 1. The lowest BCUT2D eigenvalue weighted by atomic mass is 10.0. The third kappa shape index (κ3) is 7.12. The van der Waals surface area contributed by atoms with E-state index in [0.29, 0.717) is 5.92 Å². The zero-order valence-corrected chi connectivity index (χ0v) is 18.1. The predicted molar refractivity (Wildman–Crippen MR) is 117 cm³/mol. The first kappa shape index (κ1) is 22.8. The van der Waals surface area contributed by atoms with Crippen LogP contribution in [-0.4, -0.2) is 54.1 Å². The van der Waals surface area contributed by atoms with Gasteiger partial charge in [0.15, 0.2) is 0 Å². The third-order valence-electron chi connectivity index (χ3n) is 4.76. The molecule has 6 heteroatoms. The molecule has 0 aliphatic heterocycles. The first-order valence-corrected chi connectivity index (χ1v) is 9.83. The molecule has 0 saturated heterocycles. The molecule has 0 spiro atoms. The standard InChI is InChI=1S/C21H36N6/c1-9-27(10-2)18(6)24-20(13-22-7)17(5)11-12-26(8)21-15-23-14-19(25-21)16(3)4/h13-17H,7,9-12H2,1-6,8H3/b20-13-,24-18?. The van der Waals surface area contributed by atoms with E-state index >= 15 is 0 Å². The second-order valence-corrected chi connectivity index (χ2v) is 7.14. The zero-order valence-electron chi connectivity index (χ0n) is 18.1. The number of rotatable bonds is 10. The van der Waals surface area contributed by atoms with Gasteiger partial charge in [0.05, 0.1) is 17.6 Å². The number of anilines is 1. The molecule has 0 aliphatic carbocycles. The lowest BCUT2D eigenvalue weighted by Crippen LogP contribution is -2.28. The van der Waals surface area contributed by atoms with Crippen LogP contribution in [0.5, 0.6) is 0 Å². The van der Waals surface area contributed by atoms with Crippen LogP contribution in [0.4, 0.5) is 5.82 Å². The molecule has 0 saturated carbocycles. The van der Waals surface area contributed by atoms with Crippen molar-refractivity contribution in [3.63, 3.8) is 0 Å². The van der Waals surface area contributed by atoms with Gasteiger partial charge in [-0.25, -0.2) is 9.98 Å². The first-order chi connectivity index (χ1) is 12.8. The molecule has 1 unspecified atom stereocenters. The molecule has 6 nitrogen and oxygen atoms in total. The van der Waals surface area contributed by atoms with Gasteiger partial charge in [0.1, 0.15) is 11.7 Å². The van der Waals surface area contributed by atoms with E-state index < -0.39 is 0 Å². The van der Waals surface area contributed by atoms with Crippen molar-refractivity contribution < 1.29 is 0 Å². The van der Waals surface area contributed by atoms with E-state index in [9.17, 15) is 0 Å². The number of nitrogens with zero attached hydrogens (tertiary/aromatic N) is 6. The average molecular weight is 373 g/mol. The average Bonchev–Trinajstić information content (AvgIpc) is 2.66. The predicted octanol–water partition coefficient (Wildman–Crippen LogP) is 4.36. The Morgan fingerprint density at radius 1 is 1.22 bits per heavy atom. The second kappa shape index (κ2) is 11.5. The van der Waals surface area contributed by atoms with Crippen LogP contribution in [0.3, 0.4) is 0 Å². The molecule has 0 aliphatic rings. The molecule has 1 heterocycles. The number of aromatic nitrogens is 2. The number of aliphatic imine (C=N–C) groups is 2. The maximum Gasteiger partial charge on any atom is 0.147 e. The van der Waals surface area contributed by atoms with Crippen molar-refractivity contribution >= 4 is 18.4 Å². The summed E-state index contributed by atoms with van der Waals surface area (Å²) in [6.45, 7) is 19.1. The van der Waals surface area contributed by atoms with Gasteiger partial charge in [-0.3, -0.25) is 9.98 Å². The van der Waals surface area contributed by atoms with E-state index in [1.807, 2.05) is 12.4 Å². The summed E-state index contributed by atoms with van der Waals surface area (Å²) in [6.07, 6.45) is 6.38. The van der Waals surface area contributed by atoms with Gasteiger partial charge in [0.2, 0.25) is 0 Å². The number of allylic oxidation sites excluding steroid dienone is 1. The fourth-order valence-corrected chi connectivity index (χ4v) is 2.78. The van der Waals surface area contributed by atoms with Crippen LogP contribution in [0.25, 0.3) is 0 Å². The fourth-order valence-electron chi connectivity index (χ4n) is 2.78. The van der Waals surface area contributed by atoms with Crippen molar-refractivity contribution in [2.75, 3.05) is 31.6 Å². The van der Waals surface area contributed by atoms with Crippen molar-refractivity contribution in [1.82, 2.24) is 14.9 Å². The molecule has 1 atom stereocenters. The lowest BCUT2D eigenvalue weighted by Gasteiger charge is -2.23. The van der Waals surface area contributed by atoms with Crippen molar-refractivity contribution in [2.45, 2.75) is 53.9 Å². The Hall–Kier alpha value is -2.24. The van der Waals surface area contributed by atoms with Crippen LogP contribution in [0.1, 0.15) is 59.6 Å². The van der Waals surface area contributed by atoms with Crippen LogP contribution >= 0.6 is 0 Å². The highest BCUT2D eigenvalue weighted by molar-refractivity contribution is 5.80. The summed E-state index contributed by atoms with van der Waals surface area (Å²) in [7, 11) is 2.06. The minimum atomic E-state index is 0.268. The molecule has 0 bridgehead atoms. The highest BCUT2D eigenvalue weighted by Gasteiger charge is 2.13. The summed E-state index contributed by atoms with van der Waals surface area (Å²) in [5, 5.41) is 0. The monoisotopic (exact) mass is 372 g/mol. The van der Waals surface area contributed by atoms with Gasteiger partial charge in [-0.2, -0.15) is 0 Å². The van der Waals surface area contributed by atoms with Crippen LogP contribution in [-0.2, 0) is 0 Å². The summed E-state index contributed by atoms with van der Waals surface area (Å²) >= 11 is 0. The van der Waals surface area contributed by atoms with Crippen molar-refractivity contribution in [2.24, 2.45) is 15.9 Å². The fraction of sp³-hybridized carbons (Fsp3) is 0.619. The molecular weight excluding hydrogens is 336 g/mol. The minimum absolute atomic E-state index is 0.268. The maximum atomic E-state index is 4.82. The summed E-state index contributed by atoms with van der Waals surface area (Å²) < 4.78 is 0. The van der Waals surface area contributed by atoms with Crippen molar-refractivity contribution in [3.8, 4) is 0 Å². The zero-order chi connectivity index (χ0) is 20.4. The number of hydrogen-bond acceptors (Lipinski definition) is 5. The maximum absolute atomic E-state index is 4.82. The Morgan fingerprint density at radius 3 is 2.44 bits per heavy atom. The summed E-state index contributed by atoms with van der Waals surface area (Å²) in [5.41, 5.74) is 1.98. The number of hydrogen-bond donors (Lipinski definition) is 0. The molecule has 0 amide bonds. The van der Waals surface area contributed by atoms with Gasteiger partial charge >= 0.3 is 0 Å². The Labute approximate surface area is 165 Å². The van der Waals surface area contributed by atoms with E-state index in [2.05, 4.69) is 75.1 Å². The van der Waals surface area contributed by atoms with Crippen LogP contribution < -0.4 is 4.90 Å². The Balaban J connectivity index is 2.81. The molecule has 1 aromatic rings. The van der Waals surface area contributed by atoms with Crippen LogP contribution in [0, 0.1) is 5.92 Å².